The van der Waals surface area contributed by atoms with Crippen molar-refractivity contribution in [3.8, 4) is 0 Å². The zero-order valence-electron chi connectivity index (χ0n) is 7.68. The molecule has 1 aliphatic rings. The van der Waals surface area contributed by atoms with E-state index in [4.69, 9.17) is 0 Å². The first-order valence-corrected chi connectivity index (χ1v) is 4.10. The maximum Gasteiger partial charge on any atom is 0.303 e. The molecule has 0 saturated heterocycles. The molecule has 1 amide bonds. The van der Waals surface area contributed by atoms with Crippen LogP contribution in [0.25, 0.3) is 0 Å². The van der Waals surface area contributed by atoms with Gasteiger partial charge in [0.2, 0.25) is 5.72 Å². The molecule has 0 aromatic rings. The molecule has 0 fully saturated rings. The zero-order valence-corrected chi connectivity index (χ0v) is 7.68. The molecule has 0 spiro atoms. The van der Waals surface area contributed by atoms with E-state index >= 15 is 0 Å². The Balaban J connectivity index is 2.98. The van der Waals surface area contributed by atoms with Crippen molar-refractivity contribution in [2.24, 2.45) is 4.99 Å². The minimum absolute atomic E-state index is 0.00718. The van der Waals surface area contributed by atoms with Crippen LogP contribution in [0.1, 0.15) is 6.42 Å². The molecule has 76 valence electrons. The summed E-state index contributed by atoms with van der Waals surface area (Å²) in [4.78, 5) is 15.6. The largest absolute Gasteiger partial charge is 0.480 e. The van der Waals surface area contributed by atoms with Gasteiger partial charge in [-0.2, -0.15) is 4.99 Å². The van der Waals surface area contributed by atoms with E-state index in [1.54, 1.807) is 0 Å². The van der Waals surface area contributed by atoms with E-state index in [1.165, 1.54) is 12.2 Å². The molecule has 1 rings (SSSR count). The van der Waals surface area contributed by atoms with E-state index in [0.29, 0.717) is 0 Å². The number of hydrogen-bond acceptors (Lipinski definition) is 3. The van der Waals surface area contributed by atoms with E-state index in [0.717, 1.165) is 4.90 Å². The van der Waals surface area contributed by atoms with Crippen LogP contribution in [-0.4, -0.2) is 39.3 Å². The quantitative estimate of drug-likeness (QED) is 0.630. The molecule has 1 unspecified atom stereocenters. The second-order valence-corrected chi connectivity index (χ2v) is 2.93. The van der Waals surface area contributed by atoms with Crippen molar-refractivity contribution in [1.29, 1.82) is 0 Å². The van der Waals surface area contributed by atoms with E-state index < -0.39 is 17.7 Å². The maximum absolute atomic E-state index is 11.3. The Hall–Kier alpha value is -1.62. The summed E-state index contributed by atoms with van der Waals surface area (Å²) >= 11 is 0. The summed E-state index contributed by atoms with van der Waals surface area (Å²) in [5.74, 6) is -0.781. The fourth-order valence-electron chi connectivity index (χ4n) is 1.28. The summed E-state index contributed by atoms with van der Waals surface area (Å²) in [7, 11) is 0. The van der Waals surface area contributed by atoms with Crippen LogP contribution in [-0.2, 0) is 4.79 Å². The van der Waals surface area contributed by atoms with Crippen LogP contribution in [0.4, 0.5) is 0 Å². The lowest BCUT2D eigenvalue weighted by molar-refractivity contribution is -0.146. The fraction of sp³-hybridized carbons (Fsp3) is 0.333. The number of aliphatic imine (C=N–C) groups is 1. The second kappa shape index (κ2) is 3.63. The van der Waals surface area contributed by atoms with Gasteiger partial charge in [0.05, 0.1) is 0 Å². The highest BCUT2D eigenvalue weighted by Crippen LogP contribution is 2.24. The Morgan fingerprint density at radius 3 is 2.64 bits per heavy atom. The van der Waals surface area contributed by atoms with Crippen LogP contribution in [0.3, 0.4) is 0 Å². The summed E-state index contributed by atoms with van der Waals surface area (Å²) in [5.41, 5.74) is -1.81. The lowest BCUT2D eigenvalue weighted by Crippen LogP contribution is -2.51. The summed E-state index contributed by atoms with van der Waals surface area (Å²) < 4.78 is 0. The van der Waals surface area contributed by atoms with Crippen molar-refractivity contribution in [3.63, 3.8) is 0 Å². The Kier molecular flexibility index (Phi) is 2.71. The highest BCUT2D eigenvalue weighted by Gasteiger charge is 2.47. The van der Waals surface area contributed by atoms with Crippen LogP contribution in [0.15, 0.2) is 30.3 Å². The number of amides is 1. The molecule has 0 saturated carbocycles. The molecule has 0 aliphatic carbocycles. The van der Waals surface area contributed by atoms with Gasteiger partial charge in [0, 0.05) is 13.0 Å². The van der Waals surface area contributed by atoms with Gasteiger partial charge in [0.15, 0.2) is 0 Å². The average Bonchev–Trinajstić information content (AvgIpc) is 2.31. The fourth-order valence-corrected chi connectivity index (χ4v) is 1.28. The van der Waals surface area contributed by atoms with Gasteiger partial charge in [-0.15, -0.1) is 13.2 Å². The van der Waals surface area contributed by atoms with E-state index in [-0.39, 0.29) is 13.0 Å². The van der Waals surface area contributed by atoms with Crippen molar-refractivity contribution >= 4 is 11.9 Å². The minimum atomic E-state index is -1.81. The van der Waals surface area contributed by atoms with Crippen LogP contribution in [0.2, 0.25) is 0 Å². The Morgan fingerprint density at radius 1 is 1.50 bits per heavy atom. The number of nitrogens with zero attached hydrogens (tertiary/aromatic N) is 2. The van der Waals surface area contributed by atoms with Crippen LogP contribution < -0.4 is 0 Å². The predicted molar refractivity (Wildman–Crippen MR) is 51.7 cm³/mol. The van der Waals surface area contributed by atoms with Gasteiger partial charge < -0.3 is 10.2 Å². The monoisotopic (exact) mass is 196 g/mol. The normalized spacial score (nSPS) is 26.2. The summed E-state index contributed by atoms with van der Waals surface area (Å²) in [6.45, 7) is 7.02. The Morgan fingerprint density at radius 2 is 2.14 bits per heavy atom. The minimum Gasteiger partial charge on any atom is -0.480 e. The lowest BCUT2D eigenvalue weighted by atomic mass is 10.1. The standard InChI is InChI=1S/C9H12N2O3/c1-3-5-9(14)7(12)10-8(13)11(9)6-4-2/h3-4,14H,1-2,5-6H2,(H,10,12,13). The third-order valence-corrected chi connectivity index (χ3v) is 1.97. The third kappa shape index (κ3) is 1.42. The van der Waals surface area contributed by atoms with E-state index in [2.05, 4.69) is 18.2 Å². The average molecular weight is 196 g/mol. The number of hydrogen-bond donors (Lipinski definition) is 2. The molecule has 2 N–H and O–H groups in total. The van der Waals surface area contributed by atoms with Gasteiger partial charge in [-0.25, -0.2) is 0 Å². The highest BCUT2D eigenvalue weighted by molar-refractivity contribution is 6.01. The van der Waals surface area contributed by atoms with Gasteiger partial charge in [-0.3, -0.25) is 9.69 Å². The molecular weight excluding hydrogens is 184 g/mol. The van der Waals surface area contributed by atoms with Crippen molar-refractivity contribution in [2.45, 2.75) is 12.1 Å². The number of aliphatic hydroxyl groups excluding tert-OH is 1. The van der Waals surface area contributed by atoms with Crippen molar-refractivity contribution in [2.75, 3.05) is 6.54 Å². The first-order chi connectivity index (χ1) is 6.56. The highest BCUT2D eigenvalue weighted by atomic mass is 16.4. The topological polar surface area (TPSA) is 73.1 Å². The Labute approximate surface area is 81.7 Å². The maximum atomic E-state index is 11.3. The van der Waals surface area contributed by atoms with Gasteiger partial charge in [-0.1, -0.05) is 12.2 Å². The summed E-state index contributed by atoms with van der Waals surface area (Å²) in [6.07, 6.45) is 2.85. The zero-order chi connectivity index (χ0) is 10.8. The van der Waals surface area contributed by atoms with Crippen molar-refractivity contribution < 1.29 is 15.0 Å². The van der Waals surface area contributed by atoms with Gasteiger partial charge in [-0.05, 0) is 0 Å². The number of rotatable bonds is 4. The second-order valence-electron chi connectivity index (χ2n) is 2.93. The van der Waals surface area contributed by atoms with Crippen molar-refractivity contribution in [1.82, 2.24) is 4.90 Å². The molecule has 5 heteroatoms. The lowest BCUT2D eigenvalue weighted by Gasteiger charge is -2.29. The third-order valence-electron chi connectivity index (χ3n) is 1.97. The van der Waals surface area contributed by atoms with E-state index in [9.17, 15) is 15.0 Å². The summed E-state index contributed by atoms with van der Waals surface area (Å²) in [6, 6.07) is -0.487. The first-order valence-electron chi connectivity index (χ1n) is 4.10. The Bertz CT molecular complexity index is 311. The van der Waals surface area contributed by atoms with Gasteiger partial charge in [0.1, 0.15) is 0 Å². The SMILES string of the molecule is C=CCN1C(O)=NC(=O)C1(O)CC=C. The number of carbonyl (C=O) groups is 1. The molecule has 5 nitrogen and oxygen atoms in total. The van der Waals surface area contributed by atoms with Crippen molar-refractivity contribution in [3.05, 3.63) is 25.3 Å². The number of aliphatic hydroxyl groups is 2. The molecule has 14 heavy (non-hydrogen) atoms. The first kappa shape index (κ1) is 10.5. The molecule has 0 radical (unpaired) electrons. The van der Waals surface area contributed by atoms with Gasteiger partial charge >= 0.3 is 5.91 Å². The van der Waals surface area contributed by atoms with Crippen LogP contribution >= 0.6 is 0 Å². The predicted octanol–water partition coefficient (Wildman–Crippen LogP) is 0.193. The number of carbonyl (C=O) groups excluding carboxylic acids is 1. The van der Waals surface area contributed by atoms with E-state index in [1.807, 2.05) is 0 Å². The molecule has 0 aromatic carbocycles. The van der Waals surface area contributed by atoms with Crippen LogP contribution in [0.5, 0.6) is 0 Å². The molecule has 0 bridgehead atoms. The summed E-state index contributed by atoms with van der Waals surface area (Å²) in [5, 5.41) is 19.2. The molecule has 1 heterocycles. The number of amidine groups is 1. The smallest absolute Gasteiger partial charge is 0.303 e. The van der Waals surface area contributed by atoms with Gasteiger partial charge in [0.25, 0.3) is 6.02 Å². The van der Waals surface area contributed by atoms with Crippen LogP contribution in [0, 0.1) is 0 Å². The molecular formula is C9H12N2O3. The molecule has 1 aliphatic heterocycles. The molecule has 1 atom stereocenters. The molecule has 0 aromatic heterocycles.